The Morgan fingerprint density at radius 1 is 1.02 bits per heavy atom. The smallest absolute Gasteiger partial charge is 0.255 e. The molecule has 1 aliphatic rings. The first-order chi connectivity index (χ1) is 21.1. The number of amides is 1. The van der Waals surface area contributed by atoms with E-state index in [0.29, 0.717) is 60.4 Å². The van der Waals surface area contributed by atoms with E-state index in [1.807, 2.05) is 37.3 Å². The van der Waals surface area contributed by atoms with Crippen LogP contribution in [0.1, 0.15) is 15.9 Å². The van der Waals surface area contributed by atoms with Crippen LogP contribution in [0, 0.1) is 6.92 Å². The number of aryl methyl sites for hydroxylation is 1. The van der Waals surface area contributed by atoms with Crippen LogP contribution in [-0.2, 0) is 11.3 Å². The van der Waals surface area contributed by atoms with Crippen LogP contribution in [0.4, 0.5) is 23.0 Å². The molecule has 0 unspecified atom stereocenters. The molecule has 0 saturated carbocycles. The van der Waals surface area contributed by atoms with E-state index in [1.165, 1.54) is 6.33 Å². The Morgan fingerprint density at radius 3 is 2.72 bits per heavy atom. The molecule has 220 valence electrons. The summed E-state index contributed by atoms with van der Waals surface area (Å²) in [5.41, 5.74) is 3.61. The summed E-state index contributed by atoms with van der Waals surface area (Å²) in [6.07, 6.45) is 6.54. The first-order valence-electron chi connectivity index (χ1n) is 13.8. The van der Waals surface area contributed by atoms with Crippen molar-refractivity contribution in [1.29, 1.82) is 0 Å². The Morgan fingerprint density at radius 2 is 1.91 bits per heavy atom. The third-order valence-electron chi connectivity index (χ3n) is 7.06. The van der Waals surface area contributed by atoms with Crippen molar-refractivity contribution in [2.45, 2.75) is 13.5 Å². The summed E-state index contributed by atoms with van der Waals surface area (Å²) in [5.74, 6) is 2.25. The number of hydrogen-bond donors (Lipinski definition) is 2. The molecule has 2 aromatic carbocycles. The second kappa shape index (κ2) is 12.7. The minimum absolute atomic E-state index is 0.222. The first-order valence-corrected chi connectivity index (χ1v) is 13.8. The highest BCUT2D eigenvalue weighted by Gasteiger charge is 2.16. The lowest BCUT2D eigenvalue weighted by atomic mass is 10.1. The van der Waals surface area contributed by atoms with Gasteiger partial charge in [0.1, 0.15) is 24.6 Å². The van der Waals surface area contributed by atoms with E-state index in [2.05, 4.69) is 40.8 Å². The third kappa shape index (κ3) is 6.46. The summed E-state index contributed by atoms with van der Waals surface area (Å²) in [4.78, 5) is 28.7. The SMILES string of the molecule is COc1cc2c(Nc3cc(NC(=O)c4ccnc(N5CCOCC5)c4)ccc3C)ncnc2cc1OCCn1ccnn1. The van der Waals surface area contributed by atoms with Crippen LogP contribution in [0.25, 0.3) is 10.9 Å². The maximum Gasteiger partial charge on any atom is 0.255 e. The van der Waals surface area contributed by atoms with Crippen LogP contribution in [0.15, 0.2) is 67.4 Å². The van der Waals surface area contributed by atoms with Gasteiger partial charge in [0.05, 0.1) is 38.6 Å². The van der Waals surface area contributed by atoms with Crippen LogP contribution in [-0.4, -0.2) is 75.9 Å². The highest BCUT2D eigenvalue weighted by Crippen LogP contribution is 2.35. The standard InChI is InChI=1S/C30H31N9O4/c1-20-3-4-22(35-30(40)21-5-6-31-28(15-21)38-9-12-42-13-10-38)16-24(20)36-29-23-17-26(41-2)27(18-25(23)32-19-33-29)43-14-11-39-8-7-34-37-39/h3-8,15-19H,9-14H2,1-2H3,(H,35,40)(H,32,33,36). The van der Waals surface area contributed by atoms with Gasteiger partial charge in [0.15, 0.2) is 11.5 Å². The maximum atomic E-state index is 13.2. The molecule has 1 saturated heterocycles. The maximum absolute atomic E-state index is 13.2. The van der Waals surface area contributed by atoms with Crippen LogP contribution in [0.3, 0.4) is 0 Å². The average molecular weight is 582 g/mol. The van der Waals surface area contributed by atoms with Gasteiger partial charge >= 0.3 is 0 Å². The van der Waals surface area contributed by atoms with Gasteiger partial charge in [0.25, 0.3) is 5.91 Å². The van der Waals surface area contributed by atoms with Crippen molar-refractivity contribution in [3.8, 4) is 11.5 Å². The van der Waals surface area contributed by atoms with Crippen molar-refractivity contribution in [3.63, 3.8) is 0 Å². The summed E-state index contributed by atoms with van der Waals surface area (Å²) in [7, 11) is 1.59. The third-order valence-corrected chi connectivity index (χ3v) is 7.06. The van der Waals surface area contributed by atoms with Crippen molar-refractivity contribution in [2.24, 2.45) is 0 Å². The van der Waals surface area contributed by atoms with Gasteiger partial charge in [0, 0.05) is 53.9 Å². The molecule has 0 atom stereocenters. The number of ether oxygens (including phenoxy) is 3. The normalized spacial score (nSPS) is 13.1. The molecular weight excluding hydrogens is 550 g/mol. The van der Waals surface area contributed by atoms with Crippen LogP contribution < -0.4 is 25.0 Å². The molecule has 13 heteroatoms. The van der Waals surface area contributed by atoms with E-state index in [4.69, 9.17) is 14.2 Å². The molecule has 1 amide bonds. The predicted octanol–water partition coefficient (Wildman–Crippen LogP) is 3.84. The van der Waals surface area contributed by atoms with Crippen LogP contribution in [0.5, 0.6) is 11.5 Å². The number of morpholine rings is 1. The van der Waals surface area contributed by atoms with E-state index < -0.39 is 0 Å². The number of carbonyl (C=O) groups is 1. The number of methoxy groups -OCH3 is 1. The molecule has 2 N–H and O–H groups in total. The van der Waals surface area contributed by atoms with Gasteiger partial charge in [-0.05, 0) is 42.8 Å². The zero-order valence-electron chi connectivity index (χ0n) is 23.9. The molecule has 4 heterocycles. The molecule has 0 spiro atoms. The number of fused-ring (bicyclic) bond motifs is 1. The molecule has 13 nitrogen and oxygen atoms in total. The number of pyridine rings is 1. The van der Waals surface area contributed by atoms with Gasteiger partial charge in [-0.15, -0.1) is 5.10 Å². The number of hydrogen-bond acceptors (Lipinski definition) is 11. The minimum Gasteiger partial charge on any atom is -0.493 e. The lowest BCUT2D eigenvalue weighted by Gasteiger charge is -2.27. The summed E-state index contributed by atoms with van der Waals surface area (Å²) in [6.45, 7) is 5.68. The number of aromatic nitrogens is 6. The van der Waals surface area contributed by atoms with Crippen molar-refractivity contribution < 1.29 is 19.0 Å². The molecular formula is C30H31N9O4. The summed E-state index contributed by atoms with van der Waals surface area (Å²) in [5, 5.41) is 14.9. The number of nitrogens with zero attached hydrogens (tertiary/aromatic N) is 7. The molecule has 5 aromatic rings. The second-order valence-electron chi connectivity index (χ2n) is 9.87. The van der Waals surface area contributed by atoms with E-state index in [-0.39, 0.29) is 5.91 Å². The number of rotatable bonds is 10. The van der Waals surface area contributed by atoms with Gasteiger partial charge < -0.3 is 29.7 Å². The molecule has 1 aliphatic heterocycles. The highest BCUT2D eigenvalue weighted by atomic mass is 16.5. The Bertz CT molecular complexity index is 1720. The number of anilines is 4. The largest absolute Gasteiger partial charge is 0.493 e. The van der Waals surface area contributed by atoms with Crippen molar-refractivity contribution >= 4 is 39.8 Å². The van der Waals surface area contributed by atoms with Crippen LogP contribution in [0.2, 0.25) is 0 Å². The minimum atomic E-state index is -0.222. The van der Waals surface area contributed by atoms with Gasteiger partial charge in [0.2, 0.25) is 0 Å². The number of nitrogens with one attached hydrogen (secondary N) is 2. The van der Waals surface area contributed by atoms with Gasteiger partial charge in [-0.3, -0.25) is 4.79 Å². The lowest BCUT2D eigenvalue weighted by Crippen LogP contribution is -2.36. The molecule has 0 aliphatic carbocycles. The van der Waals surface area contributed by atoms with Crippen molar-refractivity contribution in [3.05, 3.63) is 78.5 Å². The predicted molar refractivity (Wildman–Crippen MR) is 161 cm³/mol. The van der Waals surface area contributed by atoms with Gasteiger partial charge in [-0.2, -0.15) is 0 Å². The van der Waals surface area contributed by atoms with E-state index >= 15 is 0 Å². The zero-order chi connectivity index (χ0) is 29.6. The van der Waals surface area contributed by atoms with E-state index in [0.717, 1.165) is 35.5 Å². The second-order valence-corrected chi connectivity index (χ2v) is 9.87. The average Bonchev–Trinajstić information content (AvgIpc) is 3.56. The Hall–Kier alpha value is -5.30. The Kier molecular flexibility index (Phi) is 8.22. The van der Waals surface area contributed by atoms with Gasteiger partial charge in [-0.1, -0.05) is 11.3 Å². The zero-order valence-corrected chi connectivity index (χ0v) is 23.9. The van der Waals surface area contributed by atoms with Gasteiger partial charge in [-0.25, -0.2) is 19.6 Å². The fourth-order valence-electron chi connectivity index (χ4n) is 4.73. The molecule has 6 rings (SSSR count). The molecule has 1 fully saturated rings. The summed E-state index contributed by atoms with van der Waals surface area (Å²) < 4.78 is 18.7. The topological polar surface area (TPSA) is 141 Å². The first kappa shape index (κ1) is 27.8. The molecule has 0 radical (unpaired) electrons. The number of benzene rings is 2. The quantitative estimate of drug-likeness (QED) is 0.248. The molecule has 0 bridgehead atoms. The fourth-order valence-corrected chi connectivity index (χ4v) is 4.73. The summed E-state index contributed by atoms with van der Waals surface area (Å²) in [6, 6.07) is 12.9. The molecule has 3 aromatic heterocycles. The lowest BCUT2D eigenvalue weighted by molar-refractivity contribution is 0.102. The Labute approximate surface area is 247 Å². The summed E-state index contributed by atoms with van der Waals surface area (Å²) >= 11 is 0. The van der Waals surface area contributed by atoms with Crippen molar-refractivity contribution in [2.75, 3.05) is 55.6 Å². The van der Waals surface area contributed by atoms with Crippen molar-refractivity contribution in [1.82, 2.24) is 29.9 Å². The highest BCUT2D eigenvalue weighted by molar-refractivity contribution is 6.05. The Balaban J connectivity index is 1.19. The fraction of sp³-hybridized carbons (Fsp3) is 0.267. The number of carbonyl (C=O) groups excluding carboxylic acids is 1. The molecule has 43 heavy (non-hydrogen) atoms. The van der Waals surface area contributed by atoms with Crippen LogP contribution >= 0.6 is 0 Å². The van der Waals surface area contributed by atoms with E-state index in [1.54, 1.807) is 42.5 Å². The monoisotopic (exact) mass is 581 g/mol. The van der Waals surface area contributed by atoms with E-state index in [9.17, 15) is 4.79 Å².